The molecule has 154 valence electrons. The normalized spacial score (nSPS) is 24.1. The largest absolute Gasteiger partial charge is 0.378 e. The van der Waals surface area contributed by atoms with Crippen LogP contribution in [0.15, 0.2) is 30.3 Å². The maximum absolute atomic E-state index is 12.9. The summed E-state index contributed by atoms with van der Waals surface area (Å²) in [5, 5.41) is 7.48. The summed E-state index contributed by atoms with van der Waals surface area (Å²) in [6.07, 6.45) is 0. The number of nitrogens with one attached hydrogen (secondary N) is 1. The number of carbonyl (C=O) groups excluding carboxylic acids is 1. The third-order valence-corrected chi connectivity index (χ3v) is 6.46. The van der Waals surface area contributed by atoms with Crippen molar-refractivity contribution in [3.8, 4) is 0 Å². The van der Waals surface area contributed by atoms with Crippen molar-refractivity contribution in [1.29, 1.82) is 0 Å². The van der Waals surface area contributed by atoms with Gasteiger partial charge >= 0.3 is 6.03 Å². The molecule has 3 saturated heterocycles. The van der Waals surface area contributed by atoms with Gasteiger partial charge in [-0.1, -0.05) is 30.3 Å². The van der Waals surface area contributed by atoms with Gasteiger partial charge in [0.05, 0.1) is 13.2 Å². The number of aromatic amines is 1. The highest BCUT2D eigenvalue weighted by atomic mass is 16.5. The van der Waals surface area contributed by atoms with E-state index >= 15 is 0 Å². The lowest BCUT2D eigenvalue weighted by Gasteiger charge is -2.51. The number of rotatable bonds is 3. The highest BCUT2D eigenvalue weighted by Crippen LogP contribution is 2.48. The van der Waals surface area contributed by atoms with E-state index in [1.54, 1.807) is 0 Å². The number of hydrogen-bond donors (Lipinski definition) is 1. The van der Waals surface area contributed by atoms with Gasteiger partial charge in [-0.15, -0.1) is 0 Å². The summed E-state index contributed by atoms with van der Waals surface area (Å²) in [6, 6.07) is 10.7. The fraction of sp³-hybridized carbons (Fsp3) is 0.571. The number of amides is 2. The molecule has 8 nitrogen and oxygen atoms in total. The summed E-state index contributed by atoms with van der Waals surface area (Å²) in [6.45, 7) is 8.93. The monoisotopic (exact) mass is 396 g/mol. The van der Waals surface area contributed by atoms with E-state index in [4.69, 9.17) is 4.74 Å². The SMILES string of the molecule is Cc1nc(C2CN(Cc3ccccc3)CC23CN(C(=O)N2CCOCC2)C3)n[nH]1. The van der Waals surface area contributed by atoms with Gasteiger partial charge in [0.2, 0.25) is 0 Å². The van der Waals surface area contributed by atoms with E-state index in [1.165, 1.54) is 5.56 Å². The van der Waals surface area contributed by atoms with Crippen LogP contribution in [0.4, 0.5) is 4.79 Å². The van der Waals surface area contributed by atoms with Crippen molar-refractivity contribution in [2.75, 3.05) is 52.5 Å². The molecule has 5 rings (SSSR count). The zero-order valence-electron chi connectivity index (χ0n) is 16.9. The quantitative estimate of drug-likeness (QED) is 0.850. The van der Waals surface area contributed by atoms with Gasteiger partial charge in [0, 0.05) is 57.1 Å². The average Bonchev–Trinajstić information content (AvgIpc) is 3.31. The van der Waals surface area contributed by atoms with E-state index < -0.39 is 0 Å². The van der Waals surface area contributed by atoms with Crippen LogP contribution < -0.4 is 0 Å². The Hall–Kier alpha value is -2.45. The van der Waals surface area contributed by atoms with E-state index in [1.807, 2.05) is 16.7 Å². The average molecular weight is 396 g/mol. The molecule has 1 aromatic heterocycles. The minimum absolute atomic E-state index is 0.0331. The second-order valence-corrected chi connectivity index (χ2v) is 8.59. The summed E-state index contributed by atoms with van der Waals surface area (Å²) in [5.74, 6) is 1.97. The molecule has 0 radical (unpaired) electrons. The number of likely N-dealkylation sites (tertiary alicyclic amines) is 2. The smallest absolute Gasteiger partial charge is 0.320 e. The maximum Gasteiger partial charge on any atom is 0.320 e. The van der Waals surface area contributed by atoms with Crippen molar-refractivity contribution in [3.05, 3.63) is 47.5 Å². The van der Waals surface area contributed by atoms with E-state index in [9.17, 15) is 4.79 Å². The number of aromatic nitrogens is 3. The molecule has 1 N–H and O–H groups in total. The number of urea groups is 1. The Morgan fingerprint density at radius 1 is 1.17 bits per heavy atom. The van der Waals surface area contributed by atoms with Gasteiger partial charge in [-0.3, -0.25) is 10.00 Å². The molecule has 0 saturated carbocycles. The summed E-state index contributed by atoms with van der Waals surface area (Å²) >= 11 is 0. The van der Waals surface area contributed by atoms with Crippen LogP contribution in [0.3, 0.4) is 0 Å². The van der Waals surface area contributed by atoms with Gasteiger partial charge in [0.1, 0.15) is 5.82 Å². The molecule has 3 aliphatic heterocycles. The molecular weight excluding hydrogens is 368 g/mol. The molecule has 3 aliphatic rings. The fourth-order valence-corrected chi connectivity index (χ4v) is 5.03. The summed E-state index contributed by atoms with van der Waals surface area (Å²) < 4.78 is 5.38. The number of benzene rings is 1. The zero-order valence-corrected chi connectivity index (χ0v) is 16.9. The van der Waals surface area contributed by atoms with Gasteiger partial charge in [-0.25, -0.2) is 9.78 Å². The lowest BCUT2D eigenvalue weighted by atomic mass is 9.71. The summed E-state index contributed by atoms with van der Waals surface area (Å²) in [4.78, 5) is 23.9. The Kier molecular flexibility index (Phi) is 4.75. The first-order valence-electron chi connectivity index (χ1n) is 10.4. The van der Waals surface area contributed by atoms with Gasteiger partial charge in [0.15, 0.2) is 5.82 Å². The Labute approximate surface area is 170 Å². The maximum atomic E-state index is 12.9. The van der Waals surface area contributed by atoms with Gasteiger partial charge in [-0.2, -0.15) is 5.10 Å². The topological polar surface area (TPSA) is 77.6 Å². The van der Waals surface area contributed by atoms with Crippen LogP contribution in [0.5, 0.6) is 0 Å². The Morgan fingerprint density at radius 3 is 2.62 bits per heavy atom. The third-order valence-electron chi connectivity index (χ3n) is 6.46. The Bertz CT molecular complexity index is 857. The van der Waals surface area contributed by atoms with Crippen molar-refractivity contribution in [1.82, 2.24) is 29.9 Å². The summed E-state index contributed by atoms with van der Waals surface area (Å²) in [5.41, 5.74) is 1.35. The van der Waals surface area contributed by atoms with Gasteiger partial charge in [0.25, 0.3) is 0 Å². The van der Waals surface area contributed by atoms with Gasteiger partial charge < -0.3 is 14.5 Å². The lowest BCUT2D eigenvalue weighted by molar-refractivity contribution is -0.00707. The standard InChI is InChI=1S/C21H28N6O2/c1-16-22-19(24-23-16)18-12-25(11-17-5-3-2-4-6-17)13-21(18)14-27(15-21)20(28)26-7-9-29-10-8-26/h2-6,18H,7-15H2,1H3,(H,22,23,24). The van der Waals surface area contributed by atoms with Crippen LogP contribution in [0.1, 0.15) is 23.1 Å². The first-order chi connectivity index (χ1) is 14.1. The highest BCUT2D eigenvalue weighted by Gasteiger charge is 2.57. The molecule has 2 amide bonds. The lowest BCUT2D eigenvalue weighted by Crippen LogP contribution is -2.64. The molecule has 8 heteroatoms. The highest BCUT2D eigenvalue weighted by molar-refractivity contribution is 5.76. The molecule has 1 spiro atoms. The first-order valence-corrected chi connectivity index (χ1v) is 10.4. The number of morpholine rings is 1. The van der Waals surface area contributed by atoms with Crippen molar-refractivity contribution in [3.63, 3.8) is 0 Å². The molecule has 0 aliphatic carbocycles. The Morgan fingerprint density at radius 2 is 1.93 bits per heavy atom. The Balaban J connectivity index is 1.32. The van der Waals surface area contributed by atoms with Crippen molar-refractivity contribution in [2.45, 2.75) is 19.4 Å². The molecule has 1 unspecified atom stereocenters. The predicted octanol–water partition coefficient (Wildman–Crippen LogP) is 1.47. The third kappa shape index (κ3) is 3.51. The molecule has 1 atom stereocenters. The molecule has 29 heavy (non-hydrogen) atoms. The second-order valence-electron chi connectivity index (χ2n) is 8.59. The number of aryl methyl sites for hydroxylation is 1. The minimum atomic E-state index is 0.0331. The number of ether oxygens (including phenoxy) is 1. The van der Waals surface area contributed by atoms with Crippen LogP contribution in [0.2, 0.25) is 0 Å². The van der Waals surface area contributed by atoms with Crippen LogP contribution in [-0.4, -0.2) is 88.4 Å². The van der Waals surface area contributed by atoms with Crippen LogP contribution in [0, 0.1) is 12.3 Å². The predicted molar refractivity (Wildman–Crippen MR) is 107 cm³/mol. The van der Waals surface area contributed by atoms with E-state index in [-0.39, 0.29) is 17.4 Å². The zero-order chi connectivity index (χ0) is 19.8. The number of H-pyrrole nitrogens is 1. The first kappa shape index (κ1) is 18.6. The molecule has 0 bridgehead atoms. The molecular formula is C21H28N6O2. The van der Waals surface area contributed by atoms with E-state index in [2.05, 4.69) is 50.4 Å². The van der Waals surface area contributed by atoms with E-state index in [0.29, 0.717) is 26.3 Å². The van der Waals surface area contributed by atoms with Crippen molar-refractivity contribution in [2.24, 2.45) is 5.41 Å². The van der Waals surface area contributed by atoms with Crippen molar-refractivity contribution >= 4 is 6.03 Å². The molecule has 1 aromatic carbocycles. The minimum Gasteiger partial charge on any atom is -0.378 e. The molecule has 2 aromatic rings. The number of hydrogen-bond acceptors (Lipinski definition) is 5. The fourth-order valence-electron chi connectivity index (χ4n) is 5.03. The van der Waals surface area contributed by atoms with Crippen molar-refractivity contribution < 1.29 is 9.53 Å². The molecule has 4 heterocycles. The van der Waals surface area contributed by atoms with E-state index in [0.717, 1.165) is 44.4 Å². The number of carbonyl (C=O) groups is 1. The van der Waals surface area contributed by atoms with Crippen LogP contribution in [0.25, 0.3) is 0 Å². The van der Waals surface area contributed by atoms with Gasteiger partial charge in [-0.05, 0) is 12.5 Å². The van der Waals surface area contributed by atoms with Crippen LogP contribution in [-0.2, 0) is 11.3 Å². The second kappa shape index (κ2) is 7.42. The molecule has 3 fully saturated rings. The number of nitrogens with zero attached hydrogens (tertiary/aromatic N) is 5. The summed E-state index contributed by atoms with van der Waals surface area (Å²) in [7, 11) is 0. The van der Waals surface area contributed by atoms with Crippen LogP contribution >= 0.6 is 0 Å².